The van der Waals surface area contributed by atoms with Gasteiger partial charge in [0.05, 0.1) is 12.7 Å². The average Bonchev–Trinajstić information content (AvgIpc) is 3.23. The number of fused-ring (bicyclic) bond motifs is 1. The van der Waals surface area contributed by atoms with Crippen molar-refractivity contribution in [1.29, 1.82) is 0 Å². The van der Waals surface area contributed by atoms with Crippen molar-refractivity contribution in [3.63, 3.8) is 0 Å². The molecular formula is C16H23NO2. The van der Waals surface area contributed by atoms with Gasteiger partial charge in [0.25, 0.3) is 0 Å². The number of rotatable bonds is 4. The first-order valence-electron chi connectivity index (χ1n) is 7.39. The minimum atomic E-state index is -0.183. The second-order valence-electron chi connectivity index (χ2n) is 5.85. The Labute approximate surface area is 115 Å². The van der Waals surface area contributed by atoms with E-state index >= 15 is 0 Å². The first-order valence-corrected chi connectivity index (χ1v) is 7.39. The molecule has 0 radical (unpaired) electrons. The van der Waals surface area contributed by atoms with Crippen LogP contribution in [0.5, 0.6) is 5.75 Å². The first kappa shape index (κ1) is 12.9. The molecule has 1 aromatic carbocycles. The molecule has 1 aliphatic heterocycles. The van der Waals surface area contributed by atoms with Gasteiger partial charge in [0, 0.05) is 18.2 Å². The summed E-state index contributed by atoms with van der Waals surface area (Å²) in [6, 6.07) is 6.65. The van der Waals surface area contributed by atoms with E-state index in [0.29, 0.717) is 18.5 Å². The molecule has 0 spiro atoms. The molecule has 2 unspecified atom stereocenters. The maximum atomic E-state index is 10.00. The molecule has 0 saturated heterocycles. The number of aliphatic hydroxyl groups excluding tert-OH is 1. The van der Waals surface area contributed by atoms with E-state index < -0.39 is 0 Å². The lowest BCUT2D eigenvalue weighted by Crippen LogP contribution is -2.31. The largest absolute Gasteiger partial charge is 0.493 e. The lowest BCUT2D eigenvalue weighted by molar-refractivity contribution is 0.144. The molecule has 1 saturated carbocycles. The lowest BCUT2D eigenvalue weighted by Gasteiger charge is -2.21. The minimum absolute atomic E-state index is 0.183. The lowest BCUT2D eigenvalue weighted by atomic mass is 9.99. The molecule has 2 atom stereocenters. The number of nitrogens with one attached hydrogen (secondary N) is 1. The van der Waals surface area contributed by atoms with Crippen LogP contribution >= 0.6 is 0 Å². The molecule has 2 N–H and O–H groups in total. The predicted octanol–water partition coefficient (Wildman–Crippen LogP) is 2.57. The summed E-state index contributed by atoms with van der Waals surface area (Å²) in [6.45, 7) is 3.59. The molecule has 1 heterocycles. The van der Waals surface area contributed by atoms with Crippen molar-refractivity contribution in [2.75, 3.05) is 13.2 Å². The zero-order chi connectivity index (χ0) is 13.2. The van der Waals surface area contributed by atoms with E-state index in [1.807, 2.05) is 0 Å². The van der Waals surface area contributed by atoms with Gasteiger partial charge in [-0.3, -0.25) is 0 Å². The topological polar surface area (TPSA) is 41.5 Å². The van der Waals surface area contributed by atoms with Crippen molar-refractivity contribution in [3.05, 3.63) is 29.3 Å². The molecule has 2 aliphatic rings. The van der Waals surface area contributed by atoms with Crippen molar-refractivity contribution in [2.24, 2.45) is 5.92 Å². The number of para-hydroxylation sites is 1. The van der Waals surface area contributed by atoms with Gasteiger partial charge >= 0.3 is 0 Å². The molecule has 3 rings (SSSR count). The Morgan fingerprint density at radius 2 is 2.21 bits per heavy atom. The molecule has 1 aromatic rings. The molecule has 0 aromatic heterocycles. The van der Waals surface area contributed by atoms with Crippen molar-refractivity contribution in [1.82, 2.24) is 5.32 Å². The summed E-state index contributed by atoms with van der Waals surface area (Å²) in [5.74, 6) is 1.57. The van der Waals surface area contributed by atoms with E-state index in [0.717, 1.165) is 25.2 Å². The van der Waals surface area contributed by atoms with Crippen LogP contribution in [0.1, 0.15) is 42.9 Å². The highest BCUT2D eigenvalue weighted by atomic mass is 16.5. The van der Waals surface area contributed by atoms with E-state index in [2.05, 4.69) is 30.4 Å². The second kappa shape index (κ2) is 5.51. The third kappa shape index (κ3) is 2.93. The summed E-state index contributed by atoms with van der Waals surface area (Å²) < 4.78 is 5.87. The Kier molecular flexibility index (Phi) is 3.76. The van der Waals surface area contributed by atoms with E-state index in [1.165, 1.54) is 24.0 Å². The standard InChI is InChI=1S/C16H23NO2/c1-11-4-2-5-13-14(6-3-9-19-16(11)13)17-10-15(18)12-7-8-12/h2,4-5,12,14-15,17-18H,3,6-10H2,1H3. The third-order valence-electron chi connectivity index (χ3n) is 4.24. The first-order chi connectivity index (χ1) is 9.25. The smallest absolute Gasteiger partial charge is 0.126 e. The molecule has 19 heavy (non-hydrogen) atoms. The molecule has 1 aliphatic carbocycles. The van der Waals surface area contributed by atoms with Gasteiger partial charge < -0.3 is 15.2 Å². The fourth-order valence-electron chi connectivity index (χ4n) is 2.89. The van der Waals surface area contributed by atoms with Gasteiger partial charge in [-0.05, 0) is 44.1 Å². The minimum Gasteiger partial charge on any atom is -0.493 e. The number of benzene rings is 1. The highest BCUT2D eigenvalue weighted by Crippen LogP contribution is 2.35. The van der Waals surface area contributed by atoms with Crippen LogP contribution < -0.4 is 10.1 Å². The fraction of sp³-hybridized carbons (Fsp3) is 0.625. The van der Waals surface area contributed by atoms with Crippen LogP contribution in [0.25, 0.3) is 0 Å². The highest BCUT2D eigenvalue weighted by molar-refractivity contribution is 5.43. The summed E-state index contributed by atoms with van der Waals surface area (Å²) in [6.07, 6.45) is 4.33. The average molecular weight is 261 g/mol. The summed E-state index contributed by atoms with van der Waals surface area (Å²) in [4.78, 5) is 0. The zero-order valence-electron chi connectivity index (χ0n) is 11.6. The molecule has 104 valence electrons. The molecular weight excluding hydrogens is 238 g/mol. The van der Waals surface area contributed by atoms with Gasteiger partial charge in [-0.25, -0.2) is 0 Å². The quantitative estimate of drug-likeness (QED) is 0.875. The van der Waals surface area contributed by atoms with Crippen molar-refractivity contribution in [2.45, 2.75) is 44.8 Å². The Hall–Kier alpha value is -1.06. The maximum Gasteiger partial charge on any atom is 0.126 e. The van der Waals surface area contributed by atoms with Crippen LogP contribution in [0.15, 0.2) is 18.2 Å². The van der Waals surface area contributed by atoms with Crippen LogP contribution in [0.3, 0.4) is 0 Å². The van der Waals surface area contributed by atoms with Gasteiger partial charge in [-0.1, -0.05) is 18.2 Å². The van der Waals surface area contributed by atoms with Gasteiger partial charge in [-0.15, -0.1) is 0 Å². The van der Waals surface area contributed by atoms with Crippen LogP contribution in [-0.2, 0) is 0 Å². The zero-order valence-corrected chi connectivity index (χ0v) is 11.6. The number of hydrogen-bond donors (Lipinski definition) is 2. The van der Waals surface area contributed by atoms with Crippen LogP contribution in [0.2, 0.25) is 0 Å². The molecule has 1 fully saturated rings. The Morgan fingerprint density at radius 3 is 3.00 bits per heavy atom. The van der Waals surface area contributed by atoms with Crippen LogP contribution in [0.4, 0.5) is 0 Å². The highest BCUT2D eigenvalue weighted by Gasteiger charge is 2.30. The predicted molar refractivity (Wildman–Crippen MR) is 75.4 cm³/mol. The second-order valence-corrected chi connectivity index (χ2v) is 5.85. The fourth-order valence-corrected chi connectivity index (χ4v) is 2.89. The third-order valence-corrected chi connectivity index (χ3v) is 4.24. The molecule has 3 nitrogen and oxygen atoms in total. The Balaban J connectivity index is 1.72. The number of aliphatic hydroxyl groups is 1. The summed E-state index contributed by atoms with van der Waals surface area (Å²) in [5.41, 5.74) is 2.45. The molecule has 0 amide bonds. The maximum absolute atomic E-state index is 10.00. The molecule has 3 heteroatoms. The van der Waals surface area contributed by atoms with E-state index in [-0.39, 0.29) is 6.10 Å². The molecule has 0 bridgehead atoms. The summed E-state index contributed by atoms with van der Waals surface area (Å²) >= 11 is 0. The van der Waals surface area contributed by atoms with E-state index in [1.54, 1.807) is 0 Å². The van der Waals surface area contributed by atoms with Crippen molar-refractivity contribution >= 4 is 0 Å². The van der Waals surface area contributed by atoms with Gasteiger partial charge in [0.1, 0.15) is 5.75 Å². The monoisotopic (exact) mass is 261 g/mol. The van der Waals surface area contributed by atoms with E-state index in [4.69, 9.17) is 4.74 Å². The summed E-state index contributed by atoms with van der Waals surface area (Å²) in [7, 11) is 0. The number of hydrogen-bond acceptors (Lipinski definition) is 3. The van der Waals surface area contributed by atoms with Gasteiger partial charge in [-0.2, -0.15) is 0 Å². The summed E-state index contributed by atoms with van der Waals surface area (Å²) in [5, 5.41) is 13.5. The van der Waals surface area contributed by atoms with Crippen LogP contribution in [0, 0.1) is 12.8 Å². The Morgan fingerprint density at radius 1 is 1.37 bits per heavy atom. The van der Waals surface area contributed by atoms with Crippen molar-refractivity contribution in [3.8, 4) is 5.75 Å². The number of ether oxygens (including phenoxy) is 1. The Bertz CT molecular complexity index is 442. The van der Waals surface area contributed by atoms with Gasteiger partial charge in [0.2, 0.25) is 0 Å². The normalized spacial score (nSPS) is 24.2. The van der Waals surface area contributed by atoms with Gasteiger partial charge in [0.15, 0.2) is 0 Å². The number of aryl methyl sites for hydroxylation is 1. The van der Waals surface area contributed by atoms with Crippen LogP contribution in [-0.4, -0.2) is 24.4 Å². The van der Waals surface area contributed by atoms with E-state index in [9.17, 15) is 5.11 Å². The van der Waals surface area contributed by atoms with Crippen molar-refractivity contribution < 1.29 is 9.84 Å². The SMILES string of the molecule is Cc1cccc2c1OCCCC2NCC(O)C1CC1.